The fraction of sp³-hybridized carbons (Fsp3) is 0. The Bertz CT molecular complexity index is 1790. The van der Waals surface area contributed by atoms with Crippen molar-refractivity contribution < 1.29 is 9.52 Å². The number of hydrogen-bond donors (Lipinski definition) is 1. The molecule has 0 saturated heterocycles. The van der Waals surface area contributed by atoms with Crippen molar-refractivity contribution in [3.63, 3.8) is 0 Å². The summed E-state index contributed by atoms with van der Waals surface area (Å²) < 4.78 is 6.66. The molecule has 1 aliphatic heterocycles. The van der Waals surface area contributed by atoms with Crippen LogP contribution in [-0.4, -0.2) is 5.11 Å². The van der Waals surface area contributed by atoms with Crippen LogP contribution in [0.25, 0.3) is 65.7 Å². The average Bonchev–Trinajstić information content (AvgIpc) is 3.23. The summed E-state index contributed by atoms with van der Waals surface area (Å²) in [5, 5.41) is 18.8. The maximum Gasteiger partial charge on any atom is 0.147 e. The van der Waals surface area contributed by atoms with E-state index in [1.54, 1.807) is 6.07 Å². The molecule has 7 rings (SSSR count). The molecule has 0 fully saturated rings. The maximum atomic E-state index is 11.0. The zero-order valence-corrected chi connectivity index (χ0v) is 17.2. The molecule has 0 aromatic heterocycles. The van der Waals surface area contributed by atoms with Crippen molar-refractivity contribution in [2.75, 3.05) is 0 Å². The van der Waals surface area contributed by atoms with Gasteiger partial charge in [-0.1, -0.05) is 84.9 Å². The van der Waals surface area contributed by atoms with E-state index in [1.165, 1.54) is 16.2 Å². The molecular weight excluding hydrogens is 392 g/mol. The monoisotopic (exact) mass is 410 g/mol. The van der Waals surface area contributed by atoms with Crippen molar-refractivity contribution >= 4 is 43.3 Å². The van der Waals surface area contributed by atoms with Gasteiger partial charge in [0.1, 0.15) is 17.1 Å². The fourth-order valence-electron chi connectivity index (χ4n) is 5.12. The van der Waals surface area contributed by atoms with Crippen molar-refractivity contribution in [3.05, 3.63) is 103 Å². The molecule has 0 radical (unpaired) electrons. The Morgan fingerprint density at radius 1 is 0.531 bits per heavy atom. The van der Waals surface area contributed by atoms with Crippen LogP contribution in [0.5, 0.6) is 5.75 Å². The molecule has 0 spiro atoms. The molecule has 2 nitrogen and oxygen atoms in total. The number of fused-ring (bicyclic) bond motifs is 8. The second kappa shape index (κ2) is 6.35. The topological polar surface area (TPSA) is 33.4 Å². The summed E-state index contributed by atoms with van der Waals surface area (Å²) in [6, 6.07) is 35.0. The molecule has 0 saturated carbocycles. The molecule has 5 aromatic carbocycles. The van der Waals surface area contributed by atoms with Crippen LogP contribution < -0.4 is 0 Å². The van der Waals surface area contributed by atoms with Crippen molar-refractivity contribution in [2.24, 2.45) is 0 Å². The lowest BCUT2D eigenvalue weighted by Gasteiger charge is -2.16. The van der Waals surface area contributed by atoms with E-state index in [0.29, 0.717) is 5.76 Å². The van der Waals surface area contributed by atoms with Crippen LogP contribution in [0.1, 0.15) is 0 Å². The molecule has 32 heavy (non-hydrogen) atoms. The summed E-state index contributed by atoms with van der Waals surface area (Å²) in [4.78, 5) is 0. The van der Waals surface area contributed by atoms with Crippen LogP contribution in [-0.2, 0) is 0 Å². The zero-order chi connectivity index (χ0) is 21.2. The predicted molar refractivity (Wildman–Crippen MR) is 132 cm³/mol. The molecule has 2 aliphatic rings. The molecular formula is C30H18O2. The first-order valence-electron chi connectivity index (χ1n) is 10.8. The second-order valence-corrected chi connectivity index (χ2v) is 8.29. The molecule has 2 heteroatoms. The van der Waals surface area contributed by atoms with Gasteiger partial charge in [0, 0.05) is 10.9 Å². The molecule has 1 aliphatic carbocycles. The number of benzene rings is 5. The summed E-state index contributed by atoms with van der Waals surface area (Å²) in [5.74, 6) is 0.928. The van der Waals surface area contributed by atoms with Gasteiger partial charge in [0.15, 0.2) is 0 Å². The first-order chi connectivity index (χ1) is 15.8. The quantitative estimate of drug-likeness (QED) is 0.276. The summed E-state index contributed by atoms with van der Waals surface area (Å²) in [7, 11) is 0. The Balaban J connectivity index is 1.75. The first kappa shape index (κ1) is 17.4. The van der Waals surface area contributed by atoms with Gasteiger partial charge in [-0.15, -0.1) is 0 Å². The summed E-state index contributed by atoms with van der Waals surface area (Å²) in [6.07, 6.45) is 0. The van der Waals surface area contributed by atoms with Gasteiger partial charge in [-0.2, -0.15) is 0 Å². The standard InChI is InChI=1S/C30H18O2/c31-25-15-13-18-7-2-5-11-22(18)29(25)30-28-23-12-6-3-9-20(23)17-24(28)27-21-10-4-1-8-19(21)14-16-26(27)32-30/h1-17,31H. The van der Waals surface area contributed by atoms with Crippen LogP contribution in [0.15, 0.2) is 108 Å². The van der Waals surface area contributed by atoms with Gasteiger partial charge in [-0.05, 0) is 56.1 Å². The average molecular weight is 410 g/mol. The summed E-state index contributed by atoms with van der Waals surface area (Å²) in [5.41, 5.74) is 3.73. The van der Waals surface area contributed by atoms with Gasteiger partial charge in [0.05, 0.1) is 5.56 Å². The van der Waals surface area contributed by atoms with E-state index in [-0.39, 0.29) is 5.75 Å². The van der Waals surface area contributed by atoms with E-state index in [2.05, 4.69) is 66.7 Å². The Kier molecular flexibility index (Phi) is 3.45. The predicted octanol–water partition coefficient (Wildman–Crippen LogP) is 8.37. The molecule has 0 atom stereocenters. The highest BCUT2D eigenvalue weighted by atomic mass is 16.3. The van der Waals surface area contributed by atoms with E-state index in [4.69, 9.17) is 4.42 Å². The molecule has 150 valence electrons. The second-order valence-electron chi connectivity index (χ2n) is 8.29. The molecule has 0 bridgehead atoms. The molecule has 1 N–H and O–H groups in total. The Hall–Kier alpha value is -4.30. The molecule has 5 aromatic rings. The van der Waals surface area contributed by atoms with Gasteiger partial charge in [-0.3, -0.25) is 0 Å². The van der Waals surface area contributed by atoms with Gasteiger partial charge in [0.2, 0.25) is 0 Å². The molecule has 1 heterocycles. The minimum Gasteiger partial charge on any atom is -0.507 e. The smallest absolute Gasteiger partial charge is 0.147 e. The van der Waals surface area contributed by atoms with Gasteiger partial charge in [-0.25, -0.2) is 0 Å². The highest BCUT2D eigenvalue weighted by Gasteiger charge is 2.25. The van der Waals surface area contributed by atoms with E-state index in [9.17, 15) is 5.11 Å². The van der Waals surface area contributed by atoms with E-state index < -0.39 is 0 Å². The SMILES string of the molecule is Oc1ccc2ccccc2c1-c1oc2ccc3ccccc3c2c2cc3ccccc3c1-2. The summed E-state index contributed by atoms with van der Waals surface area (Å²) >= 11 is 0. The lowest BCUT2D eigenvalue weighted by molar-refractivity contribution is 0.475. The third-order valence-electron chi connectivity index (χ3n) is 6.53. The minimum atomic E-state index is 0.221. The van der Waals surface area contributed by atoms with Crippen molar-refractivity contribution in [2.45, 2.75) is 0 Å². The third kappa shape index (κ3) is 2.29. The normalized spacial score (nSPS) is 11.9. The van der Waals surface area contributed by atoms with Crippen molar-refractivity contribution in [1.29, 1.82) is 0 Å². The van der Waals surface area contributed by atoms with Crippen LogP contribution >= 0.6 is 0 Å². The van der Waals surface area contributed by atoms with Crippen LogP contribution in [0.3, 0.4) is 0 Å². The third-order valence-corrected chi connectivity index (χ3v) is 6.53. The van der Waals surface area contributed by atoms with E-state index in [1.807, 2.05) is 30.3 Å². The Labute approximate surface area is 184 Å². The van der Waals surface area contributed by atoms with Crippen LogP contribution in [0, 0.1) is 0 Å². The molecule has 0 amide bonds. The fourth-order valence-corrected chi connectivity index (χ4v) is 5.12. The lowest BCUT2D eigenvalue weighted by Crippen LogP contribution is -1.90. The number of phenolic OH excluding ortho intramolecular Hbond substituents is 1. The Morgan fingerprint density at radius 2 is 1.12 bits per heavy atom. The number of phenols is 1. The number of aromatic hydroxyl groups is 1. The highest BCUT2D eigenvalue weighted by Crippen LogP contribution is 2.50. The maximum absolute atomic E-state index is 11.0. The van der Waals surface area contributed by atoms with Crippen molar-refractivity contribution in [3.8, 4) is 28.2 Å². The first-order valence-corrected chi connectivity index (χ1v) is 10.8. The van der Waals surface area contributed by atoms with Crippen molar-refractivity contribution in [1.82, 2.24) is 0 Å². The minimum absolute atomic E-state index is 0.221. The number of rotatable bonds is 1. The van der Waals surface area contributed by atoms with Gasteiger partial charge >= 0.3 is 0 Å². The van der Waals surface area contributed by atoms with Gasteiger partial charge < -0.3 is 9.52 Å². The van der Waals surface area contributed by atoms with E-state index >= 15 is 0 Å². The van der Waals surface area contributed by atoms with E-state index in [0.717, 1.165) is 43.8 Å². The zero-order valence-electron chi connectivity index (χ0n) is 17.2. The highest BCUT2D eigenvalue weighted by molar-refractivity contribution is 6.21. The molecule has 0 unspecified atom stereocenters. The largest absolute Gasteiger partial charge is 0.507 e. The Morgan fingerprint density at radius 3 is 1.91 bits per heavy atom. The summed E-state index contributed by atoms with van der Waals surface area (Å²) in [6.45, 7) is 0. The lowest BCUT2D eigenvalue weighted by atomic mass is 9.93. The van der Waals surface area contributed by atoms with Crippen LogP contribution in [0.2, 0.25) is 0 Å². The van der Waals surface area contributed by atoms with Gasteiger partial charge in [0.25, 0.3) is 0 Å². The van der Waals surface area contributed by atoms with Crippen LogP contribution in [0.4, 0.5) is 0 Å². The number of hydrogen-bond acceptors (Lipinski definition) is 2.